The molecule has 2 aliphatic heterocycles. The Morgan fingerprint density at radius 3 is 2.54 bits per heavy atom. The van der Waals surface area contributed by atoms with Gasteiger partial charge in [0.2, 0.25) is 5.91 Å². The van der Waals surface area contributed by atoms with Gasteiger partial charge in [0.1, 0.15) is 0 Å². The zero-order chi connectivity index (χ0) is 19.5. The second-order valence-electron chi connectivity index (χ2n) is 7.63. The van der Waals surface area contributed by atoms with Crippen LogP contribution in [0.1, 0.15) is 29.2 Å². The molecule has 5 nitrogen and oxygen atoms in total. The summed E-state index contributed by atoms with van der Waals surface area (Å²) in [5, 5.41) is 13.0. The topological polar surface area (TPSA) is 61.8 Å². The third-order valence-corrected chi connectivity index (χ3v) is 5.85. The number of nitrogens with zero attached hydrogens (tertiary/aromatic N) is 1. The number of morpholine rings is 1. The number of amides is 1. The highest BCUT2D eigenvalue weighted by molar-refractivity contribution is 6.30. The van der Waals surface area contributed by atoms with E-state index in [-0.39, 0.29) is 24.7 Å². The Hall–Kier alpha value is -1.92. The second kappa shape index (κ2) is 8.62. The fourth-order valence-electron chi connectivity index (χ4n) is 4.08. The molecule has 2 fully saturated rings. The first-order chi connectivity index (χ1) is 13.6. The summed E-state index contributed by atoms with van der Waals surface area (Å²) in [6, 6.07) is 15.8. The van der Waals surface area contributed by atoms with Crippen molar-refractivity contribution in [2.45, 2.75) is 37.6 Å². The summed E-state index contributed by atoms with van der Waals surface area (Å²) < 4.78 is 6.07. The van der Waals surface area contributed by atoms with Crippen LogP contribution in [-0.2, 0) is 22.6 Å². The molecule has 0 radical (unpaired) electrons. The van der Waals surface area contributed by atoms with Gasteiger partial charge in [0.05, 0.1) is 25.7 Å². The molecule has 2 N–H and O–H groups in total. The number of carbonyl (C=O) groups excluding carboxylic acids is 1. The zero-order valence-electron chi connectivity index (χ0n) is 15.7. The van der Waals surface area contributed by atoms with E-state index in [1.165, 1.54) is 0 Å². The van der Waals surface area contributed by atoms with Gasteiger partial charge in [-0.25, -0.2) is 0 Å². The van der Waals surface area contributed by atoms with Crippen molar-refractivity contribution in [3.05, 3.63) is 70.2 Å². The molecule has 4 rings (SSSR count). The molecule has 2 aromatic carbocycles. The van der Waals surface area contributed by atoms with Gasteiger partial charge >= 0.3 is 0 Å². The molecule has 148 valence electrons. The van der Waals surface area contributed by atoms with Gasteiger partial charge in [-0.3, -0.25) is 9.69 Å². The lowest BCUT2D eigenvalue weighted by molar-refractivity contribution is -0.121. The van der Waals surface area contributed by atoms with Crippen molar-refractivity contribution in [3.63, 3.8) is 0 Å². The van der Waals surface area contributed by atoms with Crippen LogP contribution in [0.4, 0.5) is 0 Å². The second-order valence-corrected chi connectivity index (χ2v) is 8.07. The molecular formula is C22H25ClN2O3. The Balaban J connectivity index is 1.29. The summed E-state index contributed by atoms with van der Waals surface area (Å²) in [6.07, 6.45) is 1.33. The van der Waals surface area contributed by atoms with Gasteiger partial charge in [0.15, 0.2) is 0 Å². The largest absolute Gasteiger partial charge is 0.392 e. The maximum Gasteiger partial charge on any atom is 0.224 e. The fourth-order valence-corrected chi connectivity index (χ4v) is 4.21. The molecule has 0 unspecified atom stereocenters. The number of ether oxygens (including phenoxy) is 1. The van der Waals surface area contributed by atoms with Crippen molar-refractivity contribution in [2.24, 2.45) is 0 Å². The van der Waals surface area contributed by atoms with Crippen LogP contribution >= 0.6 is 11.6 Å². The van der Waals surface area contributed by atoms with Gasteiger partial charge < -0.3 is 15.2 Å². The molecule has 6 heteroatoms. The Labute approximate surface area is 170 Å². The summed E-state index contributed by atoms with van der Waals surface area (Å²) in [4.78, 5) is 14.8. The summed E-state index contributed by atoms with van der Waals surface area (Å²) in [7, 11) is 0. The molecule has 28 heavy (non-hydrogen) atoms. The highest BCUT2D eigenvalue weighted by Gasteiger charge is 2.38. The van der Waals surface area contributed by atoms with Crippen LogP contribution in [0.25, 0.3) is 0 Å². The van der Waals surface area contributed by atoms with E-state index in [9.17, 15) is 4.79 Å². The van der Waals surface area contributed by atoms with Crippen molar-refractivity contribution < 1.29 is 14.6 Å². The summed E-state index contributed by atoms with van der Waals surface area (Å²) in [5.41, 5.74) is 2.95. The van der Waals surface area contributed by atoms with Crippen LogP contribution < -0.4 is 5.32 Å². The number of carbonyl (C=O) groups is 1. The monoisotopic (exact) mass is 400 g/mol. The molecule has 0 bridgehead atoms. The van der Waals surface area contributed by atoms with Crippen LogP contribution in [0.2, 0.25) is 5.02 Å². The van der Waals surface area contributed by atoms with Crippen molar-refractivity contribution in [1.29, 1.82) is 0 Å². The van der Waals surface area contributed by atoms with Gasteiger partial charge in [0, 0.05) is 30.2 Å². The van der Waals surface area contributed by atoms with Crippen molar-refractivity contribution in [1.82, 2.24) is 10.2 Å². The number of halogens is 1. The van der Waals surface area contributed by atoms with Crippen LogP contribution in [0.3, 0.4) is 0 Å². The average Bonchev–Trinajstić information content (AvgIpc) is 3.10. The van der Waals surface area contributed by atoms with E-state index in [0.717, 1.165) is 41.2 Å². The fraction of sp³-hybridized carbons (Fsp3) is 0.409. The number of rotatable bonds is 5. The molecule has 0 aliphatic carbocycles. The molecule has 2 aromatic rings. The van der Waals surface area contributed by atoms with Crippen LogP contribution in [-0.4, -0.2) is 47.7 Å². The number of aliphatic hydroxyl groups excluding tert-OH is 1. The smallest absolute Gasteiger partial charge is 0.224 e. The molecule has 2 saturated heterocycles. The van der Waals surface area contributed by atoms with Gasteiger partial charge in [0.25, 0.3) is 0 Å². The average molecular weight is 401 g/mol. The van der Waals surface area contributed by atoms with Gasteiger partial charge in [-0.15, -0.1) is 0 Å². The van der Waals surface area contributed by atoms with Crippen LogP contribution in [0.5, 0.6) is 0 Å². The Morgan fingerprint density at radius 2 is 1.82 bits per heavy atom. The first-order valence-corrected chi connectivity index (χ1v) is 10.1. The number of aliphatic hydroxyl groups is 1. The summed E-state index contributed by atoms with van der Waals surface area (Å²) in [6.45, 7) is 2.39. The third kappa shape index (κ3) is 4.55. The molecule has 1 amide bonds. The number of hydrogen-bond donors (Lipinski definition) is 2. The maximum absolute atomic E-state index is 12.4. The van der Waals surface area contributed by atoms with Crippen molar-refractivity contribution in [2.75, 3.05) is 19.7 Å². The predicted molar refractivity (Wildman–Crippen MR) is 108 cm³/mol. The molecule has 2 aliphatic rings. The molecule has 2 heterocycles. The van der Waals surface area contributed by atoms with Gasteiger partial charge in [-0.2, -0.15) is 0 Å². The van der Waals surface area contributed by atoms with Crippen molar-refractivity contribution in [3.8, 4) is 0 Å². The first-order valence-electron chi connectivity index (χ1n) is 9.70. The lowest BCUT2D eigenvalue weighted by atomic mass is 10.1. The number of hydrogen-bond acceptors (Lipinski definition) is 4. The van der Waals surface area contributed by atoms with E-state index in [1.54, 1.807) is 0 Å². The van der Waals surface area contributed by atoms with E-state index in [2.05, 4.69) is 10.2 Å². The highest BCUT2D eigenvalue weighted by atomic mass is 35.5. The van der Waals surface area contributed by atoms with Crippen molar-refractivity contribution >= 4 is 17.5 Å². The number of fused-ring (bicyclic) bond motifs is 1. The first kappa shape index (κ1) is 19.4. The molecule has 0 saturated carbocycles. The maximum atomic E-state index is 12.4. The van der Waals surface area contributed by atoms with E-state index in [1.807, 2.05) is 48.5 Å². The minimum absolute atomic E-state index is 0.0187. The Morgan fingerprint density at radius 1 is 1.11 bits per heavy atom. The normalized spacial score (nSPS) is 24.7. The van der Waals surface area contributed by atoms with Crippen LogP contribution in [0, 0.1) is 0 Å². The summed E-state index contributed by atoms with van der Waals surface area (Å²) >= 11 is 5.98. The number of nitrogens with one attached hydrogen (secondary N) is 1. The SMILES string of the molecule is O=C(Cc1ccc(CO)cc1)N[C@@H]1C[C@H]2CO[C@@H](c3ccc(Cl)cc3)CN2C1. The van der Waals surface area contributed by atoms with E-state index >= 15 is 0 Å². The minimum atomic E-state index is 0.0187. The molecule has 0 aromatic heterocycles. The lowest BCUT2D eigenvalue weighted by Crippen LogP contribution is -2.43. The standard InChI is InChI=1S/C22H25ClN2O3/c23-18-7-5-17(6-8-18)21-12-25-11-19(10-20(25)14-28-21)24-22(27)9-15-1-3-16(13-26)4-2-15/h1-8,19-21,26H,9-14H2,(H,24,27)/t19-,20+,21-/m1/s1. The van der Waals surface area contributed by atoms with Gasteiger partial charge in [-0.05, 0) is 35.2 Å². The number of benzene rings is 2. The lowest BCUT2D eigenvalue weighted by Gasteiger charge is -2.35. The van der Waals surface area contributed by atoms with E-state index in [4.69, 9.17) is 21.4 Å². The summed E-state index contributed by atoms with van der Waals surface area (Å²) in [5.74, 6) is 0.0387. The highest BCUT2D eigenvalue weighted by Crippen LogP contribution is 2.30. The van der Waals surface area contributed by atoms with E-state index < -0.39 is 0 Å². The van der Waals surface area contributed by atoms with Crippen LogP contribution in [0.15, 0.2) is 48.5 Å². The zero-order valence-corrected chi connectivity index (χ0v) is 16.4. The molecule has 0 spiro atoms. The van der Waals surface area contributed by atoms with E-state index in [0.29, 0.717) is 19.1 Å². The predicted octanol–water partition coefficient (Wildman–Crippen LogP) is 2.71. The Bertz CT molecular complexity index is 810. The molecule has 3 atom stereocenters. The van der Waals surface area contributed by atoms with Gasteiger partial charge in [-0.1, -0.05) is 48.0 Å². The quantitative estimate of drug-likeness (QED) is 0.810. The molecular weight excluding hydrogens is 376 g/mol. The minimum Gasteiger partial charge on any atom is -0.392 e. The third-order valence-electron chi connectivity index (χ3n) is 5.60. The Kier molecular flexibility index (Phi) is 5.97.